The van der Waals surface area contributed by atoms with E-state index in [1.165, 1.54) is 11.6 Å². The largest absolute Gasteiger partial charge is 2.00 e. The second-order valence-electron chi connectivity index (χ2n) is 5.83. The fourth-order valence-electron chi connectivity index (χ4n) is 2.72. The van der Waals surface area contributed by atoms with Crippen molar-refractivity contribution in [1.82, 2.24) is 0 Å². The molecule has 0 unspecified atom stereocenters. The number of carbonyl (C=O) groups excluding carboxylic acids is 1. The number of hydrogen-bond donors (Lipinski definition) is 0. The van der Waals surface area contributed by atoms with E-state index >= 15 is 0 Å². The van der Waals surface area contributed by atoms with Gasteiger partial charge in [-0.1, -0.05) is 67.9 Å². The summed E-state index contributed by atoms with van der Waals surface area (Å²) < 4.78 is 5.56. The summed E-state index contributed by atoms with van der Waals surface area (Å²) in [5.74, 6) is -0.151. The van der Waals surface area contributed by atoms with E-state index in [2.05, 4.69) is 6.92 Å². The van der Waals surface area contributed by atoms with Crippen molar-refractivity contribution < 1.29 is 27.0 Å². The SMILES string of the molecule is CCCc1ccc(C(=O)Oc2ccccc2-c2ccccc2[O-])cc1.[Cl-].[Mg+2]. The van der Waals surface area contributed by atoms with E-state index in [0.717, 1.165) is 12.8 Å². The van der Waals surface area contributed by atoms with Gasteiger partial charge < -0.3 is 22.3 Å². The van der Waals surface area contributed by atoms with E-state index in [0.29, 0.717) is 22.4 Å². The number of ether oxygens (including phenoxy) is 1. The van der Waals surface area contributed by atoms with E-state index in [4.69, 9.17) is 4.74 Å². The molecule has 0 fully saturated rings. The van der Waals surface area contributed by atoms with Crippen LogP contribution in [0.1, 0.15) is 29.3 Å². The Morgan fingerprint density at radius 3 is 2.11 bits per heavy atom. The van der Waals surface area contributed by atoms with Crippen molar-refractivity contribution in [3.05, 3.63) is 83.9 Å². The predicted octanol–water partition coefficient (Wildman–Crippen LogP) is 1.22. The number of rotatable bonds is 5. The van der Waals surface area contributed by atoms with Gasteiger partial charge in [-0.15, -0.1) is 5.75 Å². The molecule has 134 valence electrons. The number of benzene rings is 3. The maximum Gasteiger partial charge on any atom is 2.00 e. The summed E-state index contributed by atoms with van der Waals surface area (Å²) in [6.45, 7) is 2.12. The molecule has 0 spiro atoms. The topological polar surface area (TPSA) is 49.4 Å². The molecule has 3 aromatic carbocycles. The first-order valence-electron chi connectivity index (χ1n) is 8.35. The zero-order valence-corrected chi connectivity index (χ0v) is 17.3. The first-order chi connectivity index (χ1) is 12.2. The Hall–Kier alpha value is -2.01. The zero-order chi connectivity index (χ0) is 17.6. The number of carbonyl (C=O) groups is 1. The molecular formula is C22H19ClMgO3. The van der Waals surface area contributed by atoms with Crippen molar-refractivity contribution in [3.63, 3.8) is 0 Å². The molecule has 0 heterocycles. The molecule has 0 saturated heterocycles. The van der Waals surface area contributed by atoms with Crippen LogP contribution in [0.25, 0.3) is 11.1 Å². The maximum absolute atomic E-state index is 12.5. The molecule has 3 aromatic rings. The molecule has 0 aliphatic heterocycles. The summed E-state index contributed by atoms with van der Waals surface area (Å²) in [6.07, 6.45) is 2.05. The molecule has 5 heteroatoms. The summed E-state index contributed by atoms with van der Waals surface area (Å²) in [6, 6.07) is 21.2. The van der Waals surface area contributed by atoms with Crippen LogP contribution in [0.4, 0.5) is 0 Å². The Labute approximate surface area is 181 Å². The molecule has 0 aromatic heterocycles. The van der Waals surface area contributed by atoms with Crippen molar-refractivity contribution in [2.24, 2.45) is 0 Å². The van der Waals surface area contributed by atoms with Crippen molar-refractivity contribution in [1.29, 1.82) is 0 Å². The molecule has 0 saturated carbocycles. The molecule has 0 N–H and O–H groups in total. The van der Waals surface area contributed by atoms with Gasteiger partial charge in [0.2, 0.25) is 0 Å². The molecule has 0 aliphatic carbocycles. The Balaban J connectivity index is 0.00000182. The van der Waals surface area contributed by atoms with Crippen molar-refractivity contribution >= 4 is 29.0 Å². The van der Waals surface area contributed by atoms with Crippen LogP contribution in [-0.4, -0.2) is 29.0 Å². The van der Waals surface area contributed by atoms with E-state index in [-0.39, 0.29) is 41.2 Å². The molecule has 0 aliphatic rings. The molecule has 0 bridgehead atoms. The summed E-state index contributed by atoms with van der Waals surface area (Å²) in [7, 11) is 0. The van der Waals surface area contributed by atoms with Crippen LogP contribution in [-0.2, 0) is 6.42 Å². The summed E-state index contributed by atoms with van der Waals surface area (Å²) in [5.41, 5.74) is 2.82. The van der Waals surface area contributed by atoms with Gasteiger partial charge in [-0.25, -0.2) is 4.79 Å². The second-order valence-corrected chi connectivity index (χ2v) is 5.83. The average molecular weight is 391 g/mol. The number of esters is 1. The van der Waals surface area contributed by atoms with E-state index < -0.39 is 5.97 Å². The summed E-state index contributed by atoms with van der Waals surface area (Å²) in [5, 5.41) is 12.1. The minimum Gasteiger partial charge on any atom is -1.00 e. The normalized spacial score (nSPS) is 9.67. The van der Waals surface area contributed by atoms with Crippen LogP contribution in [0, 0.1) is 0 Å². The molecule has 0 amide bonds. The van der Waals surface area contributed by atoms with Crippen LogP contribution >= 0.6 is 0 Å². The quantitative estimate of drug-likeness (QED) is 0.374. The Morgan fingerprint density at radius 2 is 1.48 bits per heavy atom. The summed E-state index contributed by atoms with van der Waals surface area (Å²) in [4.78, 5) is 12.5. The van der Waals surface area contributed by atoms with Crippen LogP contribution < -0.4 is 22.3 Å². The monoisotopic (exact) mass is 390 g/mol. The number of hydrogen-bond acceptors (Lipinski definition) is 3. The molecular weight excluding hydrogens is 372 g/mol. The van der Waals surface area contributed by atoms with Gasteiger partial charge in [-0.2, -0.15) is 0 Å². The molecule has 0 atom stereocenters. The fraction of sp³-hybridized carbons (Fsp3) is 0.136. The van der Waals surface area contributed by atoms with Crippen LogP contribution in [0.2, 0.25) is 0 Å². The predicted molar refractivity (Wildman–Crippen MR) is 102 cm³/mol. The first kappa shape index (κ1) is 23.0. The van der Waals surface area contributed by atoms with Gasteiger partial charge in [0.05, 0.1) is 5.56 Å². The smallest absolute Gasteiger partial charge is 1.00 e. The molecule has 3 rings (SSSR count). The second kappa shape index (κ2) is 11.0. The van der Waals surface area contributed by atoms with E-state index in [9.17, 15) is 9.90 Å². The average Bonchev–Trinajstić information content (AvgIpc) is 2.64. The fourth-order valence-corrected chi connectivity index (χ4v) is 2.72. The third kappa shape index (κ3) is 5.73. The van der Waals surface area contributed by atoms with Gasteiger partial charge in [0.25, 0.3) is 0 Å². The summed E-state index contributed by atoms with van der Waals surface area (Å²) >= 11 is 0. The van der Waals surface area contributed by atoms with Crippen molar-refractivity contribution in [2.45, 2.75) is 19.8 Å². The van der Waals surface area contributed by atoms with Crippen molar-refractivity contribution in [2.75, 3.05) is 0 Å². The van der Waals surface area contributed by atoms with Crippen LogP contribution in [0.3, 0.4) is 0 Å². The van der Waals surface area contributed by atoms with Gasteiger partial charge in [0, 0.05) is 5.56 Å². The van der Waals surface area contributed by atoms with E-state index in [1.54, 1.807) is 48.5 Å². The Bertz CT molecular complexity index is 879. The van der Waals surface area contributed by atoms with Gasteiger partial charge in [0.15, 0.2) is 0 Å². The number of aryl methyl sites for hydroxylation is 1. The minimum atomic E-state index is -0.432. The zero-order valence-electron chi connectivity index (χ0n) is 15.2. The van der Waals surface area contributed by atoms with Gasteiger partial charge in [0.1, 0.15) is 5.75 Å². The third-order valence-corrected chi connectivity index (χ3v) is 4.00. The van der Waals surface area contributed by atoms with Crippen molar-refractivity contribution in [3.8, 4) is 22.6 Å². The maximum atomic E-state index is 12.5. The molecule has 3 nitrogen and oxygen atoms in total. The molecule has 0 radical (unpaired) electrons. The first-order valence-corrected chi connectivity index (χ1v) is 8.35. The van der Waals surface area contributed by atoms with Gasteiger partial charge >= 0.3 is 29.0 Å². The van der Waals surface area contributed by atoms with E-state index in [1.807, 2.05) is 18.2 Å². The standard InChI is InChI=1S/C22H20O3.ClH.Mg/c1-2-7-16-12-14-17(15-13-16)22(24)25-21-11-6-4-9-19(21)18-8-3-5-10-20(18)23;;/h3-6,8-15,23H,2,7H2,1H3;1H;/q;;+2/p-2. The minimum absolute atomic E-state index is 0. The van der Waals surface area contributed by atoms with Crippen LogP contribution in [0.5, 0.6) is 11.5 Å². The van der Waals surface area contributed by atoms with Gasteiger partial charge in [-0.3, -0.25) is 0 Å². The molecule has 27 heavy (non-hydrogen) atoms. The Morgan fingerprint density at radius 1 is 0.889 bits per heavy atom. The van der Waals surface area contributed by atoms with Crippen LogP contribution in [0.15, 0.2) is 72.8 Å². The Kier molecular flexibility index (Phi) is 9.36. The number of halogens is 1. The van der Waals surface area contributed by atoms with Gasteiger partial charge in [-0.05, 0) is 35.7 Å². The third-order valence-electron chi connectivity index (χ3n) is 4.00. The number of para-hydroxylation sites is 2.